The highest BCUT2D eigenvalue weighted by atomic mass is 32.1. The number of fused-ring (bicyclic) bond motifs is 3. The van der Waals surface area contributed by atoms with Crippen molar-refractivity contribution < 1.29 is 5.11 Å². The quantitative estimate of drug-likeness (QED) is 0.729. The fourth-order valence-electron chi connectivity index (χ4n) is 3.36. The maximum atomic E-state index is 9.62. The Kier molecular flexibility index (Phi) is 4.63. The molecule has 3 aromatic heterocycles. The molecule has 0 unspecified atom stereocenters. The van der Waals surface area contributed by atoms with Gasteiger partial charge in [0.2, 0.25) is 0 Å². The zero-order chi connectivity index (χ0) is 17.2. The summed E-state index contributed by atoms with van der Waals surface area (Å²) in [4.78, 5) is 16.3. The Hall–Kier alpha value is -2.05. The standard InChI is InChI=1S/C19H22N4OS/c1-2-13(11-24)21-18-16-14-7-3-4-8-15(14)25-19(16)23-17(22-18)12-6-5-9-20-10-12/h5-6,9-10,13,24H,2-4,7-8,11H2,1H3,(H,21,22,23)/t13-/m1/s1. The molecule has 25 heavy (non-hydrogen) atoms. The zero-order valence-corrected chi connectivity index (χ0v) is 15.1. The van der Waals surface area contributed by atoms with E-state index < -0.39 is 0 Å². The van der Waals surface area contributed by atoms with Crippen molar-refractivity contribution in [3.8, 4) is 11.4 Å². The molecule has 6 heteroatoms. The van der Waals surface area contributed by atoms with E-state index in [2.05, 4.69) is 17.2 Å². The van der Waals surface area contributed by atoms with Crippen LogP contribution in [0.25, 0.3) is 21.6 Å². The number of thiophene rings is 1. The first-order valence-corrected chi connectivity index (χ1v) is 9.72. The molecule has 0 radical (unpaired) electrons. The van der Waals surface area contributed by atoms with Crippen LogP contribution in [0.15, 0.2) is 24.5 Å². The van der Waals surface area contributed by atoms with E-state index in [1.807, 2.05) is 12.1 Å². The van der Waals surface area contributed by atoms with Gasteiger partial charge in [-0.15, -0.1) is 11.3 Å². The van der Waals surface area contributed by atoms with E-state index >= 15 is 0 Å². The van der Waals surface area contributed by atoms with Gasteiger partial charge in [-0.25, -0.2) is 9.97 Å². The molecular formula is C19H22N4OS. The van der Waals surface area contributed by atoms with Crippen molar-refractivity contribution in [2.75, 3.05) is 11.9 Å². The molecule has 0 saturated heterocycles. The van der Waals surface area contributed by atoms with E-state index in [1.54, 1.807) is 23.7 Å². The number of aromatic nitrogens is 3. The van der Waals surface area contributed by atoms with Crippen molar-refractivity contribution in [3.05, 3.63) is 35.0 Å². The lowest BCUT2D eigenvalue weighted by Crippen LogP contribution is -2.23. The molecule has 0 spiro atoms. The van der Waals surface area contributed by atoms with Gasteiger partial charge in [-0.2, -0.15) is 0 Å². The van der Waals surface area contributed by atoms with Gasteiger partial charge < -0.3 is 10.4 Å². The molecule has 1 aliphatic rings. The number of hydrogen-bond donors (Lipinski definition) is 2. The molecule has 1 atom stereocenters. The minimum Gasteiger partial charge on any atom is -0.394 e. The minimum atomic E-state index is -0.000936. The van der Waals surface area contributed by atoms with Crippen molar-refractivity contribution in [1.82, 2.24) is 15.0 Å². The van der Waals surface area contributed by atoms with Crippen LogP contribution in [-0.2, 0) is 12.8 Å². The zero-order valence-electron chi connectivity index (χ0n) is 14.3. The summed E-state index contributed by atoms with van der Waals surface area (Å²) in [6, 6.07) is 3.88. The first kappa shape index (κ1) is 16.4. The van der Waals surface area contributed by atoms with Gasteiger partial charge >= 0.3 is 0 Å². The Bertz CT molecular complexity index is 874. The van der Waals surface area contributed by atoms with E-state index in [0.717, 1.165) is 40.9 Å². The molecule has 2 N–H and O–H groups in total. The van der Waals surface area contributed by atoms with Crippen LogP contribution in [0.5, 0.6) is 0 Å². The van der Waals surface area contributed by atoms with Crippen molar-refractivity contribution >= 4 is 27.4 Å². The van der Waals surface area contributed by atoms with Crippen LogP contribution in [0.3, 0.4) is 0 Å². The summed E-state index contributed by atoms with van der Waals surface area (Å²) in [7, 11) is 0. The second-order valence-corrected chi connectivity index (χ2v) is 7.54. The van der Waals surface area contributed by atoms with E-state index in [4.69, 9.17) is 9.97 Å². The third-order valence-electron chi connectivity index (χ3n) is 4.79. The van der Waals surface area contributed by atoms with Gasteiger partial charge in [-0.1, -0.05) is 6.92 Å². The number of aryl methyl sites for hydroxylation is 2. The highest BCUT2D eigenvalue weighted by molar-refractivity contribution is 7.19. The van der Waals surface area contributed by atoms with Crippen molar-refractivity contribution in [2.24, 2.45) is 0 Å². The number of nitrogens with zero attached hydrogens (tertiary/aromatic N) is 3. The lowest BCUT2D eigenvalue weighted by atomic mass is 9.97. The molecule has 3 heterocycles. The lowest BCUT2D eigenvalue weighted by Gasteiger charge is -2.18. The van der Waals surface area contributed by atoms with Gasteiger partial charge in [0.25, 0.3) is 0 Å². The maximum Gasteiger partial charge on any atom is 0.164 e. The first-order chi connectivity index (χ1) is 12.3. The van der Waals surface area contributed by atoms with Crippen molar-refractivity contribution in [1.29, 1.82) is 0 Å². The Morgan fingerprint density at radius 1 is 1.28 bits per heavy atom. The molecule has 3 aromatic rings. The van der Waals surface area contributed by atoms with Gasteiger partial charge in [0.15, 0.2) is 5.82 Å². The second-order valence-electron chi connectivity index (χ2n) is 6.46. The third-order valence-corrected chi connectivity index (χ3v) is 5.97. The van der Waals surface area contributed by atoms with Crippen LogP contribution >= 0.6 is 11.3 Å². The van der Waals surface area contributed by atoms with E-state index in [0.29, 0.717) is 5.82 Å². The van der Waals surface area contributed by atoms with Gasteiger partial charge in [-0.3, -0.25) is 4.98 Å². The number of hydrogen-bond acceptors (Lipinski definition) is 6. The average Bonchev–Trinajstić information content (AvgIpc) is 3.05. The summed E-state index contributed by atoms with van der Waals surface area (Å²) in [6.07, 6.45) is 9.09. The fourth-order valence-corrected chi connectivity index (χ4v) is 4.62. The molecule has 4 rings (SSSR count). The van der Waals surface area contributed by atoms with Gasteiger partial charge in [0.1, 0.15) is 10.6 Å². The van der Waals surface area contributed by atoms with Crippen molar-refractivity contribution in [3.63, 3.8) is 0 Å². The molecule has 0 saturated carbocycles. The molecule has 5 nitrogen and oxygen atoms in total. The van der Waals surface area contributed by atoms with E-state index in [-0.39, 0.29) is 12.6 Å². The van der Waals surface area contributed by atoms with Crippen LogP contribution in [0.2, 0.25) is 0 Å². The highest BCUT2D eigenvalue weighted by Crippen LogP contribution is 2.39. The molecule has 0 aliphatic heterocycles. The smallest absolute Gasteiger partial charge is 0.164 e. The predicted molar refractivity (Wildman–Crippen MR) is 102 cm³/mol. The number of nitrogens with one attached hydrogen (secondary N) is 1. The highest BCUT2D eigenvalue weighted by Gasteiger charge is 2.22. The van der Waals surface area contributed by atoms with Crippen LogP contribution in [0.4, 0.5) is 5.82 Å². The summed E-state index contributed by atoms with van der Waals surface area (Å²) in [5, 5.41) is 14.2. The van der Waals surface area contributed by atoms with Crippen LogP contribution in [0.1, 0.15) is 36.6 Å². The number of aliphatic hydroxyl groups excluding tert-OH is 1. The Balaban J connectivity index is 1.89. The molecule has 0 fully saturated rings. The minimum absolute atomic E-state index is 0.000936. The molecule has 130 valence electrons. The summed E-state index contributed by atoms with van der Waals surface area (Å²) < 4.78 is 0. The SMILES string of the molecule is CC[C@H](CO)Nc1nc(-c2cccnc2)nc2sc3c(c12)CCCC3. The first-order valence-electron chi connectivity index (χ1n) is 8.90. The Labute approximate surface area is 151 Å². The van der Waals surface area contributed by atoms with Gasteiger partial charge in [0, 0.05) is 22.8 Å². The normalized spacial score (nSPS) is 15.1. The Morgan fingerprint density at radius 3 is 2.92 bits per heavy atom. The average molecular weight is 354 g/mol. The molecular weight excluding hydrogens is 332 g/mol. The summed E-state index contributed by atoms with van der Waals surface area (Å²) in [6.45, 7) is 2.16. The molecule has 0 aromatic carbocycles. The number of pyridine rings is 1. The largest absolute Gasteiger partial charge is 0.394 e. The molecule has 1 aliphatic carbocycles. The Morgan fingerprint density at radius 2 is 2.16 bits per heavy atom. The number of rotatable bonds is 5. The van der Waals surface area contributed by atoms with E-state index in [1.165, 1.54) is 23.3 Å². The monoisotopic (exact) mass is 354 g/mol. The molecule has 0 bridgehead atoms. The summed E-state index contributed by atoms with van der Waals surface area (Å²) in [5.74, 6) is 1.54. The van der Waals surface area contributed by atoms with Crippen LogP contribution in [0, 0.1) is 0 Å². The number of anilines is 1. The van der Waals surface area contributed by atoms with Crippen LogP contribution < -0.4 is 5.32 Å². The molecule has 0 amide bonds. The predicted octanol–water partition coefficient (Wildman–Crippen LogP) is 3.81. The topological polar surface area (TPSA) is 70.9 Å². The fraction of sp³-hybridized carbons (Fsp3) is 0.421. The van der Waals surface area contributed by atoms with Gasteiger partial charge in [-0.05, 0) is 49.8 Å². The summed E-state index contributed by atoms with van der Waals surface area (Å²) in [5.41, 5.74) is 2.31. The summed E-state index contributed by atoms with van der Waals surface area (Å²) >= 11 is 1.79. The third kappa shape index (κ3) is 3.12. The van der Waals surface area contributed by atoms with Crippen LogP contribution in [-0.4, -0.2) is 32.7 Å². The lowest BCUT2D eigenvalue weighted by molar-refractivity contribution is 0.271. The second kappa shape index (κ2) is 7.06. The van der Waals surface area contributed by atoms with Crippen molar-refractivity contribution in [2.45, 2.75) is 45.1 Å². The number of aliphatic hydroxyl groups is 1. The van der Waals surface area contributed by atoms with Gasteiger partial charge in [0.05, 0.1) is 18.0 Å². The van der Waals surface area contributed by atoms with E-state index in [9.17, 15) is 5.11 Å². The maximum absolute atomic E-state index is 9.62.